The molecule has 1 aliphatic rings. The fourth-order valence-electron chi connectivity index (χ4n) is 1.95. The summed E-state index contributed by atoms with van der Waals surface area (Å²) in [6, 6.07) is 8.37. The summed E-state index contributed by atoms with van der Waals surface area (Å²) in [4.78, 5) is 2.39. The molecule has 0 radical (unpaired) electrons. The second kappa shape index (κ2) is 5.21. The van der Waals surface area contributed by atoms with E-state index in [-0.39, 0.29) is 6.10 Å². The molecule has 0 saturated carbocycles. The monoisotopic (exact) mass is 220 g/mol. The van der Waals surface area contributed by atoms with Crippen LogP contribution in [0.15, 0.2) is 24.3 Å². The van der Waals surface area contributed by atoms with Crippen LogP contribution < -0.4 is 15.0 Å². The molecule has 0 spiro atoms. The van der Waals surface area contributed by atoms with Crippen LogP contribution in [0.25, 0.3) is 0 Å². The van der Waals surface area contributed by atoms with Crippen LogP contribution in [0, 0.1) is 0 Å². The first-order valence-corrected chi connectivity index (χ1v) is 5.98. The normalized spacial score (nSPS) is 16.6. The molecule has 1 saturated heterocycles. The zero-order valence-corrected chi connectivity index (χ0v) is 10.1. The maximum atomic E-state index is 5.70. The average Bonchev–Trinajstić information content (AvgIpc) is 2.30. The van der Waals surface area contributed by atoms with E-state index in [9.17, 15) is 0 Å². The van der Waals surface area contributed by atoms with Gasteiger partial charge in [-0.1, -0.05) is 6.07 Å². The number of benzene rings is 1. The molecule has 1 N–H and O–H groups in total. The number of nitrogens with zero attached hydrogens (tertiary/aromatic N) is 1. The zero-order valence-electron chi connectivity index (χ0n) is 10.1. The zero-order chi connectivity index (χ0) is 11.4. The molecular formula is C13H20N2O. The first kappa shape index (κ1) is 11.3. The van der Waals surface area contributed by atoms with Crippen LogP contribution in [-0.2, 0) is 0 Å². The molecule has 2 rings (SSSR count). The van der Waals surface area contributed by atoms with Gasteiger partial charge in [-0.2, -0.15) is 0 Å². The van der Waals surface area contributed by atoms with Crippen LogP contribution in [0.4, 0.5) is 5.69 Å². The Hall–Kier alpha value is -1.22. The van der Waals surface area contributed by atoms with Crippen molar-refractivity contribution in [2.24, 2.45) is 0 Å². The fourth-order valence-corrected chi connectivity index (χ4v) is 1.95. The molecular weight excluding hydrogens is 200 g/mol. The molecule has 0 aromatic heterocycles. The van der Waals surface area contributed by atoms with Crippen molar-refractivity contribution in [3.63, 3.8) is 0 Å². The first-order valence-electron chi connectivity index (χ1n) is 5.98. The third-order valence-electron chi connectivity index (χ3n) is 2.67. The van der Waals surface area contributed by atoms with Crippen LogP contribution in [-0.4, -0.2) is 32.3 Å². The highest BCUT2D eigenvalue weighted by molar-refractivity contribution is 5.51. The minimum absolute atomic E-state index is 0.235. The van der Waals surface area contributed by atoms with Gasteiger partial charge in [-0.15, -0.1) is 0 Å². The minimum Gasteiger partial charge on any atom is -0.491 e. The van der Waals surface area contributed by atoms with Crippen molar-refractivity contribution in [3.8, 4) is 5.75 Å². The van der Waals surface area contributed by atoms with Gasteiger partial charge in [-0.3, -0.25) is 0 Å². The molecule has 1 aliphatic heterocycles. The Morgan fingerprint density at radius 3 is 2.69 bits per heavy atom. The predicted molar refractivity (Wildman–Crippen MR) is 67.3 cm³/mol. The molecule has 1 fully saturated rings. The summed E-state index contributed by atoms with van der Waals surface area (Å²) in [7, 11) is 0. The third-order valence-corrected chi connectivity index (χ3v) is 2.67. The van der Waals surface area contributed by atoms with Gasteiger partial charge in [0.25, 0.3) is 0 Å². The summed E-state index contributed by atoms with van der Waals surface area (Å²) in [6.45, 7) is 8.38. The molecule has 3 heteroatoms. The minimum atomic E-state index is 0.235. The SMILES string of the molecule is CC(C)Oc1cccc(N2CCNCC2)c1. The van der Waals surface area contributed by atoms with E-state index in [4.69, 9.17) is 4.74 Å². The number of anilines is 1. The second-order valence-corrected chi connectivity index (χ2v) is 4.40. The van der Waals surface area contributed by atoms with Crippen molar-refractivity contribution < 1.29 is 4.74 Å². The van der Waals surface area contributed by atoms with Crippen molar-refractivity contribution in [2.75, 3.05) is 31.1 Å². The Labute approximate surface area is 97.4 Å². The summed E-state index contributed by atoms with van der Waals surface area (Å²) >= 11 is 0. The van der Waals surface area contributed by atoms with E-state index >= 15 is 0 Å². The van der Waals surface area contributed by atoms with E-state index in [0.29, 0.717) is 0 Å². The van der Waals surface area contributed by atoms with E-state index in [1.807, 2.05) is 6.07 Å². The summed E-state index contributed by atoms with van der Waals surface area (Å²) in [5, 5.41) is 3.36. The molecule has 1 aromatic rings. The largest absolute Gasteiger partial charge is 0.491 e. The van der Waals surface area contributed by atoms with Crippen LogP contribution >= 0.6 is 0 Å². The van der Waals surface area contributed by atoms with Crippen LogP contribution in [0.5, 0.6) is 5.75 Å². The van der Waals surface area contributed by atoms with Crippen molar-refractivity contribution in [3.05, 3.63) is 24.3 Å². The molecule has 0 amide bonds. The lowest BCUT2D eigenvalue weighted by Crippen LogP contribution is -2.43. The lowest BCUT2D eigenvalue weighted by Gasteiger charge is -2.29. The average molecular weight is 220 g/mol. The standard InChI is InChI=1S/C13H20N2O/c1-11(2)16-13-5-3-4-12(10-13)15-8-6-14-7-9-15/h3-5,10-11,14H,6-9H2,1-2H3. The molecule has 3 nitrogen and oxygen atoms in total. The molecule has 0 aliphatic carbocycles. The van der Waals surface area contributed by atoms with Gasteiger partial charge in [0.2, 0.25) is 0 Å². The second-order valence-electron chi connectivity index (χ2n) is 4.40. The number of hydrogen-bond donors (Lipinski definition) is 1. The topological polar surface area (TPSA) is 24.5 Å². The Kier molecular flexibility index (Phi) is 3.67. The summed E-state index contributed by atoms with van der Waals surface area (Å²) in [6.07, 6.45) is 0.235. The quantitative estimate of drug-likeness (QED) is 0.842. The van der Waals surface area contributed by atoms with Gasteiger partial charge < -0.3 is 15.0 Å². The number of ether oxygens (including phenoxy) is 1. The van der Waals surface area contributed by atoms with Crippen molar-refractivity contribution >= 4 is 5.69 Å². The van der Waals surface area contributed by atoms with Crippen LogP contribution in [0.2, 0.25) is 0 Å². The molecule has 0 unspecified atom stereocenters. The van der Waals surface area contributed by atoms with Crippen LogP contribution in [0.1, 0.15) is 13.8 Å². The van der Waals surface area contributed by atoms with Gasteiger partial charge in [0.15, 0.2) is 0 Å². The lowest BCUT2D eigenvalue weighted by molar-refractivity contribution is 0.242. The maximum absolute atomic E-state index is 5.70. The molecule has 1 aromatic carbocycles. The molecule has 1 heterocycles. The van der Waals surface area contributed by atoms with Crippen molar-refractivity contribution in [2.45, 2.75) is 20.0 Å². The number of rotatable bonds is 3. The van der Waals surface area contributed by atoms with E-state index in [0.717, 1.165) is 31.9 Å². The summed E-state index contributed by atoms with van der Waals surface area (Å²) in [5.41, 5.74) is 1.26. The number of nitrogens with one attached hydrogen (secondary N) is 1. The highest BCUT2D eigenvalue weighted by Gasteiger charge is 2.10. The Balaban J connectivity index is 2.08. The Morgan fingerprint density at radius 1 is 1.25 bits per heavy atom. The maximum Gasteiger partial charge on any atom is 0.121 e. The number of hydrogen-bond acceptors (Lipinski definition) is 3. The lowest BCUT2D eigenvalue weighted by atomic mass is 10.2. The van der Waals surface area contributed by atoms with Gasteiger partial charge in [0, 0.05) is 37.9 Å². The van der Waals surface area contributed by atoms with Gasteiger partial charge in [-0.05, 0) is 26.0 Å². The van der Waals surface area contributed by atoms with Crippen LogP contribution in [0.3, 0.4) is 0 Å². The molecule has 0 bridgehead atoms. The Bertz CT molecular complexity index is 332. The number of piperazine rings is 1. The molecule has 16 heavy (non-hydrogen) atoms. The summed E-state index contributed by atoms with van der Waals surface area (Å²) < 4.78 is 5.70. The van der Waals surface area contributed by atoms with E-state index < -0.39 is 0 Å². The summed E-state index contributed by atoms with van der Waals surface area (Å²) in [5.74, 6) is 0.964. The van der Waals surface area contributed by atoms with Crippen molar-refractivity contribution in [1.82, 2.24) is 5.32 Å². The first-order chi connectivity index (χ1) is 7.75. The molecule has 88 valence electrons. The van der Waals surface area contributed by atoms with E-state index in [1.54, 1.807) is 0 Å². The predicted octanol–water partition coefficient (Wildman–Crippen LogP) is 1.88. The van der Waals surface area contributed by atoms with Crippen molar-refractivity contribution in [1.29, 1.82) is 0 Å². The van der Waals surface area contributed by atoms with Gasteiger partial charge >= 0.3 is 0 Å². The van der Waals surface area contributed by atoms with Gasteiger partial charge in [0.1, 0.15) is 5.75 Å². The third kappa shape index (κ3) is 2.89. The smallest absolute Gasteiger partial charge is 0.121 e. The van der Waals surface area contributed by atoms with Gasteiger partial charge in [-0.25, -0.2) is 0 Å². The van der Waals surface area contributed by atoms with E-state index in [2.05, 4.69) is 42.3 Å². The highest BCUT2D eigenvalue weighted by atomic mass is 16.5. The van der Waals surface area contributed by atoms with E-state index in [1.165, 1.54) is 5.69 Å². The Morgan fingerprint density at radius 2 is 2.00 bits per heavy atom. The highest BCUT2D eigenvalue weighted by Crippen LogP contribution is 2.22. The molecule has 0 atom stereocenters. The fraction of sp³-hybridized carbons (Fsp3) is 0.538. The van der Waals surface area contributed by atoms with Gasteiger partial charge in [0.05, 0.1) is 6.10 Å².